The summed E-state index contributed by atoms with van der Waals surface area (Å²) in [6, 6.07) is 3.92. The number of benzene rings is 1. The fourth-order valence-electron chi connectivity index (χ4n) is 3.38. The van der Waals surface area contributed by atoms with Gasteiger partial charge in [-0.1, -0.05) is 0 Å². The van der Waals surface area contributed by atoms with Crippen molar-refractivity contribution in [2.45, 2.75) is 45.4 Å². The standard InChI is InChI=1S/C18H27N3O4S/c1-4-19-18(21-15-5-6-26(22,23)11-15)20-10-14-9-17-13(7-12(2)25-17)8-16(14)24-3/h8-9,12,15H,4-7,10-11H2,1-3H3,(H2,19,20,21). The van der Waals surface area contributed by atoms with Crippen LogP contribution in [0.2, 0.25) is 0 Å². The van der Waals surface area contributed by atoms with E-state index < -0.39 is 9.84 Å². The smallest absolute Gasteiger partial charge is 0.191 e. The van der Waals surface area contributed by atoms with Gasteiger partial charge in [-0.05, 0) is 32.4 Å². The highest BCUT2D eigenvalue weighted by atomic mass is 32.2. The highest BCUT2D eigenvalue weighted by Gasteiger charge is 2.28. The lowest BCUT2D eigenvalue weighted by atomic mass is 10.1. The Morgan fingerprint density at radius 3 is 2.88 bits per heavy atom. The van der Waals surface area contributed by atoms with Crippen molar-refractivity contribution in [1.29, 1.82) is 0 Å². The molecule has 26 heavy (non-hydrogen) atoms. The zero-order valence-corrected chi connectivity index (χ0v) is 16.4. The average Bonchev–Trinajstić information content (AvgIpc) is 3.11. The number of hydrogen-bond donors (Lipinski definition) is 2. The van der Waals surface area contributed by atoms with Crippen LogP contribution in [-0.4, -0.2) is 51.7 Å². The summed E-state index contributed by atoms with van der Waals surface area (Å²) in [5.74, 6) is 2.70. The number of rotatable bonds is 5. The third kappa shape index (κ3) is 4.41. The molecule has 2 heterocycles. The summed E-state index contributed by atoms with van der Waals surface area (Å²) in [4.78, 5) is 4.61. The molecular weight excluding hydrogens is 354 g/mol. The minimum absolute atomic E-state index is 0.0936. The first-order valence-corrected chi connectivity index (χ1v) is 10.8. The second kappa shape index (κ2) is 7.73. The molecule has 1 fully saturated rings. The Labute approximate surface area is 155 Å². The number of nitrogens with one attached hydrogen (secondary N) is 2. The SMILES string of the molecule is CCNC(=NCc1cc2c(cc1OC)CC(C)O2)NC1CCS(=O)(=O)C1. The summed E-state index contributed by atoms with van der Waals surface area (Å²) in [6.45, 7) is 5.15. The van der Waals surface area contributed by atoms with Crippen molar-refractivity contribution < 1.29 is 17.9 Å². The molecule has 0 radical (unpaired) electrons. The molecule has 1 saturated heterocycles. The minimum atomic E-state index is -2.93. The third-order valence-corrected chi connectivity index (χ3v) is 6.39. The van der Waals surface area contributed by atoms with Crippen molar-refractivity contribution in [1.82, 2.24) is 10.6 Å². The maximum absolute atomic E-state index is 11.6. The summed E-state index contributed by atoms with van der Waals surface area (Å²) >= 11 is 0. The molecule has 1 aromatic rings. The van der Waals surface area contributed by atoms with Gasteiger partial charge >= 0.3 is 0 Å². The van der Waals surface area contributed by atoms with E-state index in [2.05, 4.69) is 15.6 Å². The van der Waals surface area contributed by atoms with Crippen LogP contribution in [0.25, 0.3) is 0 Å². The first-order chi connectivity index (χ1) is 12.4. The van der Waals surface area contributed by atoms with E-state index in [1.807, 2.05) is 26.0 Å². The Hall–Kier alpha value is -1.96. The van der Waals surface area contributed by atoms with Crippen LogP contribution in [0.3, 0.4) is 0 Å². The number of hydrogen-bond acceptors (Lipinski definition) is 5. The third-order valence-electron chi connectivity index (χ3n) is 4.62. The van der Waals surface area contributed by atoms with Crippen molar-refractivity contribution in [3.8, 4) is 11.5 Å². The van der Waals surface area contributed by atoms with Crippen LogP contribution in [0.4, 0.5) is 0 Å². The summed E-state index contributed by atoms with van der Waals surface area (Å²) < 4.78 is 34.6. The Bertz CT molecular complexity index is 792. The molecule has 7 nitrogen and oxygen atoms in total. The second-order valence-electron chi connectivity index (χ2n) is 6.84. The number of ether oxygens (including phenoxy) is 2. The van der Waals surface area contributed by atoms with E-state index in [0.29, 0.717) is 25.5 Å². The molecule has 0 saturated carbocycles. The Morgan fingerprint density at radius 1 is 1.42 bits per heavy atom. The van der Waals surface area contributed by atoms with Gasteiger partial charge in [-0.25, -0.2) is 13.4 Å². The van der Waals surface area contributed by atoms with Gasteiger partial charge in [0.05, 0.1) is 25.2 Å². The molecule has 2 unspecified atom stereocenters. The molecule has 8 heteroatoms. The van der Waals surface area contributed by atoms with Gasteiger partial charge in [0.1, 0.15) is 17.6 Å². The second-order valence-corrected chi connectivity index (χ2v) is 9.07. The monoisotopic (exact) mass is 381 g/mol. The van der Waals surface area contributed by atoms with Crippen LogP contribution in [0.15, 0.2) is 17.1 Å². The Kier molecular flexibility index (Phi) is 5.60. The van der Waals surface area contributed by atoms with Gasteiger partial charge in [0.25, 0.3) is 0 Å². The van der Waals surface area contributed by atoms with Gasteiger partial charge in [-0.15, -0.1) is 0 Å². The van der Waals surface area contributed by atoms with E-state index in [4.69, 9.17) is 9.47 Å². The van der Waals surface area contributed by atoms with Crippen LogP contribution in [0, 0.1) is 0 Å². The van der Waals surface area contributed by atoms with Crippen LogP contribution < -0.4 is 20.1 Å². The topological polar surface area (TPSA) is 89.0 Å². The molecular formula is C18H27N3O4S. The summed E-state index contributed by atoms with van der Waals surface area (Å²) in [6.07, 6.45) is 1.67. The number of sulfone groups is 1. The zero-order valence-electron chi connectivity index (χ0n) is 15.5. The maximum Gasteiger partial charge on any atom is 0.191 e. The zero-order chi connectivity index (χ0) is 18.7. The first-order valence-electron chi connectivity index (χ1n) is 9.02. The molecule has 1 aromatic carbocycles. The lowest BCUT2D eigenvalue weighted by Crippen LogP contribution is -2.44. The molecule has 0 aliphatic carbocycles. The number of aliphatic imine (C=N–C) groups is 1. The predicted molar refractivity (Wildman–Crippen MR) is 102 cm³/mol. The van der Waals surface area contributed by atoms with Crippen LogP contribution in [0.5, 0.6) is 11.5 Å². The molecule has 0 amide bonds. The van der Waals surface area contributed by atoms with E-state index in [9.17, 15) is 8.42 Å². The van der Waals surface area contributed by atoms with Crippen molar-refractivity contribution in [3.63, 3.8) is 0 Å². The molecule has 0 bridgehead atoms. The van der Waals surface area contributed by atoms with E-state index in [-0.39, 0.29) is 23.7 Å². The fourth-order valence-corrected chi connectivity index (χ4v) is 5.05. The van der Waals surface area contributed by atoms with Crippen LogP contribution in [0.1, 0.15) is 31.4 Å². The quantitative estimate of drug-likeness (QED) is 0.590. The van der Waals surface area contributed by atoms with E-state index in [0.717, 1.165) is 29.0 Å². The highest BCUT2D eigenvalue weighted by molar-refractivity contribution is 7.91. The number of methoxy groups -OCH3 is 1. The predicted octanol–water partition coefficient (Wildman–Crippen LogP) is 1.26. The van der Waals surface area contributed by atoms with E-state index in [1.165, 1.54) is 0 Å². The van der Waals surface area contributed by atoms with Crippen molar-refractivity contribution in [2.75, 3.05) is 25.2 Å². The van der Waals surface area contributed by atoms with Crippen LogP contribution >= 0.6 is 0 Å². The molecule has 3 rings (SSSR count). The van der Waals surface area contributed by atoms with Crippen molar-refractivity contribution >= 4 is 15.8 Å². The Morgan fingerprint density at radius 2 is 2.23 bits per heavy atom. The number of fused-ring (bicyclic) bond motifs is 1. The van der Waals surface area contributed by atoms with E-state index >= 15 is 0 Å². The lowest BCUT2D eigenvalue weighted by Gasteiger charge is -2.16. The molecule has 2 atom stereocenters. The fraction of sp³-hybridized carbons (Fsp3) is 0.611. The van der Waals surface area contributed by atoms with Gasteiger partial charge < -0.3 is 20.1 Å². The summed E-state index contributed by atoms with van der Waals surface area (Å²) in [5.41, 5.74) is 2.10. The van der Waals surface area contributed by atoms with Gasteiger partial charge in [0, 0.05) is 30.1 Å². The first kappa shape index (κ1) is 18.8. The van der Waals surface area contributed by atoms with Gasteiger partial charge in [0.15, 0.2) is 15.8 Å². The normalized spacial score (nSPS) is 24.0. The minimum Gasteiger partial charge on any atom is -0.496 e. The highest BCUT2D eigenvalue weighted by Crippen LogP contribution is 2.35. The van der Waals surface area contributed by atoms with E-state index in [1.54, 1.807) is 7.11 Å². The lowest BCUT2D eigenvalue weighted by molar-refractivity contribution is 0.254. The molecule has 2 aliphatic heterocycles. The van der Waals surface area contributed by atoms with Crippen molar-refractivity contribution in [3.05, 3.63) is 23.3 Å². The maximum atomic E-state index is 11.6. The number of nitrogens with zero attached hydrogens (tertiary/aromatic N) is 1. The van der Waals surface area contributed by atoms with Crippen molar-refractivity contribution in [2.24, 2.45) is 4.99 Å². The molecule has 144 valence electrons. The molecule has 0 aromatic heterocycles. The van der Waals surface area contributed by atoms with Gasteiger partial charge in [-0.2, -0.15) is 0 Å². The molecule has 0 spiro atoms. The summed E-state index contributed by atoms with van der Waals surface area (Å²) in [5, 5.41) is 6.40. The van der Waals surface area contributed by atoms with Gasteiger partial charge in [-0.3, -0.25) is 0 Å². The average molecular weight is 381 g/mol. The van der Waals surface area contributed by atoms with Crippen LogP contribution in [-0.2, 0) is 22.8 Å². The molecule has 2 N–H and O–H groups in total. The number of guanidine groups is 1. The Balaban J connectivity index is 1.74. The van der Waals surface area contributed by atoms with Gasteiger partial charge in [0.2, 0.25) is 0 Å². The largest absolute Gasteiger partial charge is 0.496 e. The molecule has 2 aliphatic rings. The summed E-state index contributed by atoms with van der Waals surface area (Å²) in [7, 11) is -1.27.